The van der Waals surface area contributed by atoms with Crippen LogP contribution in [0.3, 0.4) is 0 Å². The molecule has 1 amide bonds. The lowest BCUT2D eigenvalue weighted by atomic mass is 9.49. The van der Waals surface area contributed by atoms with Gasteiger partial charge in [-0.05, 0) is 49.8 Å². The zero-order chi connectivity index (χ0) is 23.1. The molecule has 3 aliphatic carbocycles. The van der Waals surface area contributed by atoms with E-state index in [0.29, 0.717) is 18.8 Å². The number of nitrogens with one attached hydrogen (secondary N) is 1. The molecule has 1 aromatic rings. The third-order valence-electron chi connectivity index (χ3n) is 8.41. The van der Waals surface area contributed by atoms with E-state index < -0.39 is 29.0 Å². The van der Waals surface area contributed by atoms with Crippen LogP contribution in [0.5, 0.6) is 11.5 Å². The number of methoxy groups -OCH3 is 1. The molecule has 1 aromatic carbocycles. The summed E-state index contributed by atoms with van der Waals surface area (Å²) in [4.78, 5) is 26.9. The molecule has 9 nitrogen and oxygen atoms in total. The number of carbonyl (C=O) groups is 2. The second kappa shape index (κ2) is 6.87. The summed E-state index contributed by atoms with van der Waals surface area (Å²) < 4.78 is 10.7. The maximum atomic E-state index is 13.0. The lowest BCUT2D eigenvalue weighted by Gasteiger charge is -2.62. The van der Waals surface area contributed by atoms with E-state index in [1.54, 1.807) is 6.07 Å². The van der Waals surface area contributed by atoms with Crippen molar-refractivity contribution in [3.8, 4) is 11.5 Å². The molecule has 4 N–H and O–H groups in total. The fraction of sp³-hybridized carbons (Fsp3) is 0.583. The number of ether oxygens (including phenoxy) is 2. The number of benzene rings is 1. The lowest BCUT2D eigenvalue weighted by molar-refractivity contribution is -0.172. The van der Waals surface area contributed by atoms with Gasteiger partial charge in [0.05, 0.1) is 23.7 Å². The Labute approximate surface area is 191 Å². The topological polar surface area (TPSA) is 129 Å². The summed E-state index contributed by atoms with van der Waals surface area (Å²) in [6, 6.07) is 3.23. The van der Waals surface area contributed by atoms with Crippen LogP contribution in [0, 0.1) is 5.92 Å². The van der Waals surface area contributed by atoms with Crippen molar-refractivity contribution in [1.82, 2.24) is 10.2 Å². The van der Waals surface area contributed by atoms with Gasteiger partial charge in [-0.3, -0.25) is 14.5 Å². The van der Waals surface area contributed by atoms with Gasteiger partial charge in [-0.15, -0.1) is 0 Å². The number of aliphatic hydroxyl groups is 2. The third kappa shape index (κ3) is 2.66. The minimum Gasteiger partial charge on any atom is -0.508 e. The highest BCUT2D eigenvalue weighted by molar-refractivity contribution is 5.96. The number of phenolic OH excluding ortho intramolecular Hbond substituents is 1. The van der Waals surface area contributed by atoms with Gasteiger partial charge in [0.15, 0.2) is 17.6 Å². The lowest BCUT2D eigenvalue weighted by Crippen LogP contribution is -2.75. The number of nitrogens with zero attached hydrogens (tertiary/aromatic N) is 1. The number of hydrogen-bond acceptors (Lipinski definition) is 8. The number of piperidine rings is 1. The van der Waals surface area contributed by atoms with Crippen LogP contribution in [0.15, 0.2) is 23.5 Å². The smallest absolute Gasteiger partial charge is 0.325 e. The average molecular weight is 456 g/mol. The van der Waals surface area contributed by atoms with Crippen LogP contribution in [-0.4, -0.2) is 76.6 Å². The molecule has 1 saturated carbocycles. The van der Waals surface area contributed by atoms with Crippen LogP contribution >= 0.6 is 0 Å². The maximum Gasteiger partial charge on any atom is 0.325 e. The first kappa shape index (κ1) is 20.8. The van der Waals surface area contributed by atoms with E-state index in [1.165, 1.54) is 20.0 Å². The van der Waals surface area contributed by atoms with Crippen molar-refractivity contribution in [2.75, 3.05) is 26.7 Å². The van der Waals surface area contributed by atoms with Crippen molar-refractivity contribution in [3.63, 3.8) is 0 Å². The Balaban J connectivity index is 1.47. The summed E-state index contributed by atoms with van der Waals surface area (Å²) in [6.07, 6.45) is 2.45. The molecule has 9 heteroatoms. The van der Waals surface area contributed by atoms with Gasteiger partial charge in [0.1, 0.15) is 12.3 Å². The van der Waals surface area contributed by atoms with Crippen molar-refractivity contribution >= 4 is 11.9 Å². The van der Waals surface area contributed by atoms with Crippen molar-refractivity contribution in [2.45, 2.75) is 55.3 Å². The highest BCUT2D eigenvalue weighted by atomic mass is 16.5. The SMILES string of the molecule is COC(=O)CNC(=O)C1=C(O)[C@@H]2Oc3c(O)ccc4c3[C@@]23CCN(CC2CC2)[C@H](C4)[C@]3(O)C1. The molecule has 0 radical (unpaired) electrons. The average Bonchev–Trinajstić information content (AvgIpc) is 3.54. The molecule has 33 heavy (non-hydrogen) atoms. The third-order valence-corrected chi connectivity index (χ3v) is 8.41. The Bertz CT molecular complexity index is 1100. The van der Waals surface area contributed by atoms with Crippen molar-refractivity contribution in [3.05, 3.63) is 34.6 Å². The molecule has 176 valence electrons. The molecule has 2 aliphatic heterocycles. The van der Waals surface area contributed by atoms with Gasteiger partial charge in [-0.2, -0.15) is 0 Å². The van der Waals surface area contributed by atoms with Crippen LogP contribution in [0.2, 0.25) is 0 Å². The Morgan fingerprint density at radius 2 is 2.09 bits per heavy atom. The fourth-order valence-electron chi connectivity index (χ4n) is 6.70. The second-order valence-electron chi connectivity index (χ2n) is 10.0. The molecular formula is C24H28N2O7. The zero-order valence-electron chi connectivity index (χ0n) is 18.5. The number of hydrogen-bond donors (Lipinski definition) is 4. The Hall–Kier alpha value is -2.78. The first-order valence-electron chi connectivity index (χ1n) is 11.6. The van der Waals surface area contributed by atoms with Crippen LogP contribution in [0.4, 0.5) is 0 Å². The predicted octanol–water partition coefficient (Wildman–Crippen LogP) is 0.667. The van der Waals surface area contributed by atoms with Gasteiger partial charge < -0.3 is 30.1 Å². The number of carbonyl (C=O) groups excluding carboxylic acids is 2. The van der Waals surface area contributed by atoms with Gasteiger partial charge in [0, 0.05) is 24.6 Å². The number of likely N-dealkylation sites (tertiary alicyclic amines) is 1. The van der Waals surface area contributed by atoms with Gasteiger partial charge in [-0.25, -0.2) is 0 Å². The molecule has 2 fully saturated rings. The van der Waals surface area contributed by atoms with E-state index in [9.17, 15) is 24.9 Å². The summed E-state index contributed by atoms with van der Waals surface area (Å²) >= 11 is 0. The van der Waals surface area contributed by atoms with E-state index >= 15 is 0 Å². The molecule has 2 heterocycles. The van der Waals surface area contributed by atoms with Crippen LogP contribution in [-0.2, 0) is 26.2 Å². The minimum atomic E-state index is -1.37. The molecule has 1 saturated heterocycles. The highest BCUT2D eigenvalue weighted by Crippen LogP contribution is 2.66. The Kier molecular flexibility index (Phi) is 4.33. The zero-order valence-corrected chi connectivity index (χ0v) is 18.5. The number of rotatable bonds is 5. The van der Waals surface area contributed by atoms with E-state index in [2.05, 4.69) is 15.0 Å². The van der Waals surface area contributed by atoms with Crippen LogP contribution < -0.4 is 10.1 Å². The summed E-state index contributed by atoms with van der Waals surface area (Å²) in [7, 11) is 1.23. The van der Waals surface area contributed by atoms with E-state index in [-0.39, 0.29) is 41.8 Å². The molecule has 0 unspecified atom stereocenters. The van der Waals surface area contributed by atoms with E-state index in [0.717, 1.165) is 24.2 Å². The monoisotopic (exact) mass is 456 g/mol. The van der Waals surface area contributed by atoms with Gasteiger partial charge in [0.25, 0.3) is 5.91 Å². The first-order chi connectivity index (χ1) is 15.8. The Morgan fingerprint density at radius 1 is 1.30 bits per heavy atom. The molecule has 4 atom stereocenters. The molecule has 2 bridgehead atoms. The molecule has 0 aromatic heterocycles. The number of phenols is 1. The fourth-order valence-corrected chi connectivity index (χ4v) is 6.70. The minimum absolute atomic E-state index is 0.0102. The summed E-state index contributed by atoms with van der Waals surface area (Å²) in [5.41, 5.74) is -0.544. The molecular weight excluding hydrogens is 428 g/mol. The maximum absolute atomic E-state index is 13.0. The van der Waals surface area contributed by atoms with Crippen molar-refractivity contribution in [1.29, 1.82) is 0 Å². The molecule has 5 aliphatic rings. The van der Waals surface area contributed by atoms with Crippen molar-refractivity contribution in [2.24, 2.45) is 5.92 Å². The number of esters is 1. The van der Waals surface area contributed by atoms with E-state index in [1.807, 2.05) is 6.07 Å². The number of aromatic hydroxyl groups is 1. The quantitative estimate of drug-likeness (QED) is 0.476. The van der Waals surface area contributed by atoms with E-state index in [4.69, 9.17) is 4.74 Å². The highest BCUT2D eigenvalue weighted by Gasteiger charge is 2.73. The summed E-state index contributed by atoms with van der Waals surface area (Å²) in [5, 5.41) is 36.7. The molecule has 1 spiro atoms. The Morgan fingerprint density at radius 3 is 2.82 bits per heavy atom. The van der Waals surface area contributed by atoms with Gasteiger partial charge in [0.2, 0.25) is 0 Å². The predicted molar refractivity (Wildman–Crippen MR) is 115 cm³/mol. The summed E-state index contributed by atoms with van der Waals surface area (Å²) in [6.45, 7) is 1.30. The van der Waals surface area contributed by atoms with Crippen LogP contribution in [0.25, 0.3) is 0 Å². The standard InChI is InChI=1S/C24H28N2O7/c1-32-17(28)10-25-22(30)14-9-24(31)16-8-13-4-5-15(27)20-18(13)23(24,21(33-20)19(14)29)6-7-26(16)11-12-2-3-12/h4-5,12,16,21,27,29,31H,2-3,6-11H2,1H3,(H,25,30)/t16-,21+,23+,24-/m1/s1. The second-order valence-corrected chi connectivity index (χ2v) is 10.0. The largest absolute Gasteiger partial charge is 0.508 e. The number of amides is 1. The number of aliphatic hydroxyl groups excluding tert-OH is 1. The normalized spacial score (nSPS) is 33.9. The van der Waals surface area contributed by atoms with Gasteiger partial charge >= 0.3 is 5.97 Å². The summed E-state index contributed by atoms with van der Waals surface area (Å²) in [5.74, 6) is -0.623. The first-order valence-corrected chi connectivity index (χ1v) is 11.6. The van der Waals surface area contributed by atoms with Crippen LogP contribution in [0.1, 0.15) is 36.8 Å². The van der Waals surface area contributed by atoms with Gasteiger partial charge in [-0.1, -0.05) is 6.07 Å². The molecule has 6 rings (SSSR count). The van der Waals surface area contributed by atoms with Crippen molar-refractivity contribution < 1.29 is 34.4 Å².